The second kappa shape index (κ2) is 21.0. The lowest BCUT2D eigenvalue weighted by molar-refractivity contribution is -0.0271. The minimum atomic E-state index is 0.0648. The van der Waals surface area contributed by atoms with Gasteiger partial charge in [0.1, 0.15) is 0 Å². The van der Waals surface area contributed by atoms with Crippen molar-refractivity contribution in [2.75, 3.05) is 6.61 Å². The summed E-state index contributed by atoms with van der Waals surface area (Å²) in [5.41, 5.74) is 0.0648. The van der Waals surface area contributed by atoms with Crippen LogP contribution in [-0.2, 0) is 4.74 Å². The Bertz CT molecular complexity index is 344. The topological polar surface area (TPSA) is 9.23 Å². The highest BCUT2D eigenvalue weighted by Crippen LogP contribution is 2.21. The van der Waals surface area contributed by atoms with Gasteiger partial charge in [0.25, 0.3) is 0 Å². The van der Waals surface area contributed by atoms with E-state index >= 15 is 0 Å². The van der Waals surface area contributed by atoms with E-state index in [1.807, 2.05) is 0 Å². The molecule has 29 heavy (non-hydrogen) atoms. The molecule has 0 N–H and O–H groups in total. The van der Waals surface area contributed by atoms with Gasteiger partial charge < -0.3 is 4.74 Å². The van der Waals surface area contributed by atoms with Crippen molar-refractivity contribution in [1.82, 2.24) is 0 Å². The molecule has 1 atom stereocenters. The molecule has 0 aromatic carbocycles. The molecule has 0 aliphatic carbocycles. The summed E-state index contributed by atoms with van der Waals surface area (Å²) in [5.74, 6) is 0.863. The molecule has 0 spiro atoms. The quantitative estimate of drug-likeness (QED) is 0.128. The highest BCUT2D eigenvalue weighted by Gasteiger charge is 2.17. The maximum Gasteiger partial charge on any atom is 0.0626 e. The SMILES string of the molecule is CCCCCCCC/C=C\CCCCCCCCOC(C)(C)CCCC(C)CC. The Morgan fingerprint density at radius 2 is 1.21 bits per heavy atom. The van der Waals surface area contributed by atoms with Gasteiger partial charge in [0.2, 0.25) is 0 Å². The van der Waals surface area contributed by atoms with Gasteiger partial charge in [-0.15, -0.1) is 0 Å². The van der Waals surface area contributed by atoms with Crippen LogP contribution in [0.1, 0.15) is 150 Å². The molecule has 0 rings (SSSR count). The highest BCUT2D eigenvalue weighted by atomic mass is 16.5. The fraction of sp³-hybridized carbons (Fsp3) is 0.929. The standard InChI is InChI=1S/C28H56O/c1-6-8-9-10-11-12-13-14-15-16-17-18-19-20-21-22-26-29-28(4,5)25-23-24-27(3)7-2/h14-15,27H,6-13,16-26H2,1-5H3/b15-14-. The fourth-order valence-electron chi connectivity index (χ4n) is 3.85. The number of allylic oxidation sites excluding steroid dienone is 2. The van der Waals surface area contributed by atoms with E-state index < -0.39 is 0 Å². The lowest BCUT2D eigenvalue weighted by Crippen LogP contribution is -2.25. The average molecular weight is 409 g/mol. The number of ether oxygens (including phenoxy) is 1. The lowest BCUT2D eigenvalue weighted by atomic mass is 9.95. The molecule has 0 aliphatic heterocycles. The van der Waals surface area contributed by atoms with Crippen molar-refractivity contribution < 1.29 is 4.74 Å². The second-order valence-corrected chi connectivity index (χ2v) is 9.95. The van der Waals surface area contributed by atoms with E-state index in [9.17, 15) is 0 Å². The van der Waals surface area contributed by atoms with Crippen LogP contribution < -0.4 is 0 Å². The Labute approximate surface area is 185 Å². The summed E-state index contributed by atoms with van der Waals surface area (Å²) in [6.45, 7) is 12.4. The van der Waals surface area contributed by atoms with Crippen molar-refractivity contribution in [3.05, 3.63) is 12.2 Å². The van der Waals surface area contributed by atoms with E-state index in [2.05, 4.69) is 46.8 Å². The molecule has 0 saturated carbocycles. The molecule has 0 aromatic rings. The zero-order chi connectivity index (χ0) is 21.6. The van der Waals surface area contributed by atoms with E-state index in [0.29, 0.717) is 0 Å². The van der Waals surface area contributed by atoms with Crippen molar-refractivity contribution in [3.8, 4) is 0 Å². The van der Waals surface area contributed by atoms with Crippen molar-refractivity contribution in [1.29, 1.82) is 0 Å². The van der Waals surface area contributed by atoms with Crippen LogP contribution in [0.2, 0.25) is 0 Å². The minimum Gasteiger partial charge on any atom is -0.376 e. The summed E-state index contributed by atoms with van der Waals surface area (Å²) in [6.07, 6.45) is 29.1. The molecular formula is C28H56O. The van der Waals surface area contributed by atoms with Gasteiger partial charge in [0.05, 0.1) is 5.60 Å². The number of rotatable bonds is 22. The summed E-state index contributed by atoms with van der Waals surface area (Å²) in [5, 5.41) is 0. The van der Waals surface area contributed by atoms with Crippen molar-refractivity contribution >= 4 is 0 Å². The predicted octanol–water partition coefficient (Wildman–Crippen LogP) is 10.0. The summed E-state index contributed by atoms with van der Waals surface area (Å²) < 4.78 is 6.15. The molecule has 1 heteroatoms. The summed E-state index contributed by atoms with van der Waals surface area (Å²) in [6, 6.07) is 0. The fourth-order valence-corrected chi connectivity index (χ4v) is 3.85. The lowest BCUT2D eigenvalue weighted by Gasteiger charge is -2.26. The van der Waals surface area contributed by atoms with E-state index in [1.54, 1.807) is 0 Å². The molecular weight excluding hydrogens is 352 g/mol. The molecule has 0 fully saturated rings. The molecule has 0 aromatic heterocycles. The zero-order valence-corrected chi connectivity index (χ0v) is 21.1. The van der Waals surface area contributed by atoms with Gasteiger partial charge in [-0.3, -0.25) is 0 Å². The van der Waals surface area contributed by atoms with E-state index in [4.69, 9.17) is 4.74 Å². The summed E-state index contributed by atoms with van der Waals surface area (Å²) in [7, 11) is 0. The molecule has 174 valence electrons. The largest absolute Gasteiger partial charge is 0.376 e. The summed E-state index contributed by atoms with van der Waals surface area (Å²) in [4.78, 5) is 0. The Balaban J connectivity index is 3.33. The number of unbranched alkanes of at least 4 members (excludes halogenated alkanes) is 12. The molecule has 0 bridgehead atoms. The molecule has 1 unspecified atom stereocenters. The molecule has 1 nitrogen and oxygen atoms in total. The first-order chi connectivity index (χ1) is 14.0. The highest BCUT2D eigenvalue weighted by molar-refractivity contribution is 4.81. The smallest absolute Gasteiger partial charge is 0.0626 e. The molecule has 0 heterocycles. The molecule has 0 radical (unpaired) electrons. The van der Waals surface area contributed by atoms with Crippen LogP contribution in [0.3, 0.4) is 0 Å². The molecule has 0 aliphatic rings. The Kier molecular flexibility index (Phi) is 20.7. The van der Waals surface area contributed by atoms with Gasteiger partial charge in [-0.25, -0.2) is 0 Å². The average Bonchev–Trinajstić information content (AvgIpc) is 2.70. The number of hydrogen-bond donors (Lipinski definition) is 0. The van der Waals surface area contributed by atoms with Crippen LogP contribution in [-0.4, -0.2) is 12.2 Å². The van der Waals surface area contributed by atoms with E-state index in [1.165, 1.54) is 116 Å². The number of hydrogen-bond acceptors (Lipinski definition) is 1. The first-order valence-corrected chi connectivity index (χ1v) is 13.3. The maximum absolute atomic E-state index is 6.15. The molecule has 0 saturated heterocycles. The van der Waals surface area contributed by atoms with Gasteiger partial charge >= 0.3 is 0 Å². The maximum atomic E-state index is 6.15. The monoisotopic (exact) mass is 408 g/mol. The van der Waals surface area contributed by atoms with Gasteiger partial charge in [-0.2, -0.15) is 0 Å². The minimum absolute atomic E-state index is 0.0648. The third-order valence-electron chi connectivity index (χ3n) is 6.32. The third-order valence-corrected chi connectivity index (χ3v) is 6.32. The second-order valence-electron chi connectivity index (χ2n) is 9.95. The first kappa shape index (κ1) is 28.7. The van der Waals surface area contributed by atoms with Crippen LogP contribution in [0, 0.1) is 5.92 Å². The Morgan fingerprint density at radius 1 is 0.690 bits per heavy atom. The third kappa shape index (κ3) is 22.2. The Morgan fingerprint density at radius 3 is 1.76 bits per heavy atom. The Hall–Kier alpha value is -0.300. The summed E-state index contributed by atoms with van der Waals surface area (Å²) >= 11 is 0. The van der Waals surface area contributed by atoms with Gasteiger partial charge in [-0.1, -0.05) is 110 Å². The van der Waals surface area contributed by atoms with Crippen LogP contribution in [0.4, 0.5) is 0 Å². The van der Waals surface area contributed by atoms with E-state index in [0.717, 1.165) is 12.5 Å². The molecule has 0 amide bonds. The van der Waals surface area contributed by atoms with Crippen molar-refractivity contribution in [2.45, 2.75) is 156 Å². The van der Waals surface area contributed by atoms with Crippen LogP contribution >= 0.6 is 0 Å². The van der Waals surface area contributed by atoms with Crippen LogP contribution in [0.5, 0.6) is 0 Å². The van der Waals surface area contributed by atoms with Crippen molar-refractivity contribution in [2.24, 2.45) is 5.92 Å². The van der Waals surface area contributed by atoms with Gasteiger partial charge in [-0.05, 0) is 58.3 Å². The van der Waals surface area contributed by atoms with Crippen LogP contribution in [0.25, 0.3) is 0 Å². The van der Waals surface area contributed by atoms with Crippen LogP contribution in [0.15, 0.2) is 12.2 Å². The van der Waals surface area contributed by atoms with E-state index in [-0.39, 0.29) is 5.60 Å². The normalized spacial score (nSPS) is 13.4. The van der Waals surface area contributed by atoms with Gasteiger partial charge in [0, 0.05) is 6.61 Å². The first-order valence-electron chi connectivity index (χ1n) is 13.3. The predicted molar refractivity (Wildman–Crippen MR) is 133 cm³/mol. The van der Waals surface area contributed by atoms with Crippen molar-refractivity contribution in [3.63, 3.8) is 0 Å². The van der Waals surface area contributed by atoms with Gasteiger partial charge in [0.15, 0.2) is 0 Å². The zero-order valence-electron chi connectivity index (χ0n) is 21.1.